The zero-order valence-corrected chi connectivity index (χ0v) is 7.44. The molecule has 1 rings (SSSR count). The van der Waals surface area contributed by atoms with Crippen molar-refractivity contribution in [2.24, 2.45) is 0 Å². The van der Waals surface area contributed by atoms with Crippen LogP contribution >= 0.6 is 0 Å². The van der Waals surface area contributed by atoms with Gasteiger partial charge in [0.25, 0.3) is 0 Å². The van der Waals surface area contributed by atoms with E-state index in [-0.39, 0.29) is 5.56 Å². The van der Waals surface area contributed by atoms with Gasteiger partial charge >= 0.3 is 12.1 Å². The van der Waals surface area contributed by atoms with Gasteiger partial charge in [-0.15, -0.1) is 0 Å². The quantitative estimate of drug-likeness (QED) is 0.665. The van der Waals surface area contributed by atoms with Crippen molar-refractivity contribution < 1.29 is 27.1 Å². The summed E-state index contributed by atoms with van der Waals surface area (Å²) >= 11 is 0. The van der Waals surface area contributed by atoms with E-state index in [1.54, 1.807) is 0 Å². The number of furan rings is 1. The molecule has 0 aliphatic carbocycles. The zero-order chi connectivity index (χ0) is 10.9. The minimum Gasteiger partial charge on any atom is -0.463 e. The van der Waals surface area contributed by atoms with E-state index in [4.69, 9.17) is 0 Å². The first-order valence-electron chi connectivity index (χ1n) is 3.62. The van der Waals surface area contributed by atoms with Gasteiger partial charge < -0.3 is 9.15 Å². The Morgan fingerprint density at radius 3 is 2.43 bits per heavy atom. The summed E-state index contributed by atoms with van der Waals surface area (Å²) in [5.41, 5.74) is 0.101. The minimum atomic E-state index is -4.59. The average molecular weight is 208 g/mol. The second kappa shape index (κ2) is 3.36. The molecule has 0 saturated heterocycles. The Bertz CT molecular complexity index is 351. The van der Waals surface area contributed by atoms with Crippen LogP contribution in [0.25, 0.3) is 0 Å². The number of halogens is 3. The molecule has 6 heteroatoms. The monoisotopic (exact) mass is 208 g/mol. The van der Waals surface area contributed by atoms with Crippen molar-refractivity contribution >= 4 is 5.97 Å². The number of alkyl halides is 3. The van der Waals surface area contributed by atoms with Crippen LogP contribution in [-0.4, -0.2) is 13.1 Å². The molecule has 0 saturated carbocycles. The maximum atomic E-state index is 12.1. The molecule has 0 unspecified atom stereocenters. The van der Waals surface area contributed by atoms with E-state index in [9.17, 15) is 18.0 Å². The van der Waals surface area contributed by atoms with Crippen LogP contribution in [0.15, 0.2) is 10.5 Å². The molecular formula is C8H7F3O3. The molecule has 0 fully saturated rings. The average Bonchev–Trinajstić information content (AvgIpc) is 2.45. The molecule has 1 heterocycles. The number of hydrogen-bond donors (Lipinski definition) is 0. The molecular weight excluding hydrogens is 201 g/mol. The van der Waals surface area contributed by atoms with Crippen molar-refractivity contribution in [2.75, 3.05) is 7.11 Å². The molecule has 0 spiro atoms. The van der Waals surface area contributed by atoms with E-state index in [1.807, 2.05) is 0 Å². The number of aryl methyl sites for hydroxylation is 1. The molecule has 0 aliphatic heterocycles. The third kappa shape index (κ3) is 1.89. The highest BCUT2D eigenvalue weighted by molar-refractivity contribution is 5.87. The predicted octanol–water partition coefficient (Wildman–Crippen LogP) is 2.39. The Hall–Kier alpha value is -1.46. The molecule has 1 aromatic heterocycles. The van der Waals surface area contributed by atoms with E-state index in [0.717, 1.165) is 13.2 Å². The third-order valence-electron chi connectivity index (χ3n) is 1.57. The highest BCUT2D eigenvalue weighted by atomic mass is 19.4. The molecule has 14 heavy (non-hydrogen) atoms. The Morgan fingerprint density at radius 2 is 2.07 bits per heavy atom. The van der Waals surface area contributed by atoms with Crippen LogP contribution in [0.4, 0.5) is 13.2 Å². The largest absolute Gasteiger partial charge is 0.463 e. The van der Waals surface area contributed by atoms with E-state index in [2.05, 4.69) is 9.15 Å². The van der Waals surface area contributed by atoms with Crippen molar-refractivity contribution in [3.8, 4) is 0 Å². The number of carbonyl (C=O) groups excluding carboxylic acids is 1. The Balaban J connectivity index is 3.12. The molecule has 3 nitrogen and oxygen atoms in total. The van der Waals surface area contributed by atoms with E-state index in [0.29, 0.717) is 0 Å². The molecule has 0 aromatic carbocycles. The van der Waals surface area contributed by atoms with E-state index < -0.39 is 23.7 Å². The molecule has 0 atom stereocenters. The maximum absolute atomic E-state index is 12.1. The van der Waals surface area contributed by atoms with Gasteiger partial charge in [-0.3, -0.25) is 0 Å². The van der Waals surface area contributed by atoms with Gasteiger partial charge in [-0.25, -0.2) is 4.79 Å². The zero-order valence-electron chi connectivity index (χ0n) is 7.44. The minimum absolute atomic E-state index is 0.101. The summed E-state index contributed by atoms with van der Waals surface area (Å²) < 4.78 is 44.9. The Labute approximate surface area is 77.5 Å². The third-order valence-corrected chi connectivity index (χ3v) is 1.57. The second-order valence-corrected chi connectivity index (χ2v) is 2.61. The Morgan fingerprint density at radius 1 is 1.50 bits per heavy atom. The van der Waals surface area contributed by atoms with Crippen molar-refractivity contribution in [3.63, 3.8) is 0 Å². The number of esters is 1. The summed E-state index contributed by atoms with van der Waals surface area (Å²) in [5.74, 6) is -2.53. The normalized spacial score (nSPS) is 11.5. The van der Waals surface area contributed by atoms with Gasteiger partial charge in [0.05, 0.1) is 7.11 Å². The van der Waals surface area contributed by atoms with Gasteiger partial charge in [-0.2, -0.15) is 13.2 Å². The van der Waals surface area contributed by atoms with Crippen LogP contribution in [0.2, 0.25) is 0 Å². The first-order chi connectivity index (χ1) is 6.36. The predicted molar refractivity (Wildman–Crippen MR) is 39.8 cm³/mol. The number of ether oxygens (including phenoxy) is 1. The molecule has 0 radical (unpaired) electrons. The fourth-order valence-electron chi connectivity index (χ4n) is 0.917. The van der Waals surface area contributed by atoms with Gasteiger partial charge in [0.2, 0.25) is 11.5 Å². The van der Waals surface area contributed by atoms with Crippen molar-refractivity contribution in [1.29, 1.82) is 0 Å². The maximum Gasteiger partial charge on any atom is 0.449 e. The van der Waals surface area contributed by atoms with Gasteiger partial charge in [0, 0.05) is 5.56 Å². The molecule has 0 bridgehead atoms. The summed E-state index contributed by atoms with van der Waals surface area (Å²) in [6.07, 6.45) is -4.59. The van der Waals surface area contributed by atoms with Gasteiger partial charge in [-0.05, 0) is 13.0 Å². The first kappa shape index (κ1) is 10.6. The lowest BCUT2D eigenvalue weighted by Crippen LogP contribution is -2.03. The summed E-state index contributed by atoms with van der Waals surface area (Å²) in [6.45, 7) is 1.34. The SMILES string of the molecule is COC(=O)c1oc(C(F)(F)F)cc1C. The fourth-order valence-corrected chi connectivity index (χ4v) is 0.917. The lowest BCUT2D eigenvalue weighted by atomic mass is 10.2. The number of carbonyl (C=O) groups is 1. The number of rotatable bonds is 1. The van der Waals surface area contributed by atoms with Crippen LogP contribution < -0.4 is 0 Å². The topological polar surface area (TPSA) is 39.4 Å². The van der Waals surface area contributed by atoms with E-state index in [1.165, 1.54) is 6.92 Å². The summed E-state index contributed by atoms with van der Waals surface area (Å²) in [5, 5.41) is 0. The standard InChI is InChI=1S/C8H7F3O3/c1-4-3-5(8(9,10)11)14-6(4)7(12)13-2/h3H,1-2H3. The van der Waals surface area contributed by atoms with Gasteiger partial charge in [0.15, 0.2) is 0 Å². The van der Waals surface area contributed by atoms with Crippen LogP contribution in [0.1, 0.15) is 21.9 Å². The van der Waals surface area contributed by atoms with E-state index >= 15 is 0 Å². The highest BCUT2D eigenvalue weighted by Crippen LogP contribution is 2.32. The smallest absolute Gasteiger partial charge is 0.449 e. The first-order valence-corrected chi connectivity index (χ1v) is 3.62. The second-order valence-electron chi connectivity index (χ2n) is 2.61. The van der Waals surface area contributed by atoms with Crippen LogP contribution in [-0.2, 0) is 10.9 Å². The van der Waals surface area contributed by atoms with Crippen LogP contribution in [0.3, 0.4) is 0 Å². The van der Waals surface area contributed by atoms with Gasteiger partial charge in [0.1, 0.15) is 0 Å². The molecule has 0 amide bonds. The van der Waals surface area contributed by atoms with Gasteiger partial charge in [-0.1, -0.05) is 0 Å². The fraction of sp³-hybridized carbons (Fsp3) is 0.375. The highest BCUT2D eigenvalue weighted by Gasteiger charge is 2.36. The number of methoxy groups -OCH3 is 1. The molecule has 1 aromatic rings. The lowest BCUT2D eigenvalue weighted by Gasteiger charge is -2.00. The summed E-state index contributed by atoms with van der Waals surface area (Å²) in [4.78, 5) is 10.9. The molecule has 0 aliphatic rings. The number of hydrogen-bond acceptors (Lipinski definition) is 3. The summed E-state index contributed by atoms with van der Waals surface area (Å²) in [7, 11) is 1.07. The van der Waals surface area contributed by atoms with Crippen molar-refractivity contribution in [3.05, 3.63) is 23.2 Å². The van der Waals surface area contributed by atoms with Crippen LogP contribution in [0, 0.1) is 6.92 Å². The van der Waals surface area contributed by atoms with Crippen molar-refractivity contribution in [1.82, 2.24) is 0 Å². The Kier molecular flexibility index (Phi) is 2.55. The van der Waals surface area contributed by atoms with Crippen molar-refractivity contribution in [2.45, 2.75) is 13.1 Å². The summed E-state index contributed by atoms with van der Waals surface area (Å²) in [6, 6.07) is 0.756. The lowest BCUT2D eigenvalue weighted by molar-refractivity contribution is -0.153. The van der Waals surface area contributed by atoms with Crippen LogP contribution in [0.5, 0.6) is 0 Å². The molecule has 0 N–H and O–H groups in total. The molecule has 78 valence electrons.